The van der Waals surface area contributed by atoms with Crippen molar-refractivity contribution in [1.29, 1.82) is 0 Å². The molecule has 0 atom stereocenters. The van der Waals surface area contributed by atoms with Crippen LogP contribution in [0.3, 0.4) is 0 Å². The van der Waals surface area contributed by atoms with Crippen LogP contribution in [0, 0.1) is 0 Å². The third-order valence-electron chi connectivity index (χ3n) is 3.31. The number of hydrogen-bond acceptors (Lipinski definition) is 2. The van der Waals surface area contributed by atoms with Gasteiger partial charge in [0.25, 0.3) is 10.0 Å². The van der Waals surface area contributed by atoms with Crippen molar-refractivity contribution < 1.29 is 8.42 Å². The van der Waals surface area contributed by atoms with Crippen molar-refractivity contribution in [2.24, 2.45) is 0 Å². The van der Waals surface area contributed by atoms with Gasteiger partial charge >= 0.3 is 0 Å². The highest BCUT2D eigenvalue weighted by atomic mass is 79.9. The van der Waals surface area contributed by atoms with Gasteiger partial charge in [-0.05, 0) is 36.2 Å². The quantitative estimate of drug-likeness (QED) is 0.803. The van der Waals surface area contributed by atoms with Gasteiger partial charge in [0.2, 0.25) is 0 Å². The SMILES string of the molecule is O=S(=O)(c1ccc(Br)cc1Cl)N1CCc2ccccc21. The van der Waals surface area contributed by atoms with Crippen molar-refractivity contribution in [2.75, 3.05) is 10.8 Å². The van der Waals surface area contributed by atoms with E-state index in [2.05, 4.69) is 15.9 Å². The smallest absolute Gasteiger partial charge is 0.265 e. The van der Waals surface area contributed by atoms with E-state index < -0.39 is 10.0 Å². The highest BCUT2D eigenvalue weighted by molar-refractivity contribution is 9.10. The molecule has 0 N–H and O–H groups in total. The molecular weight excluding hydrogens is 362 g/mol. The minimum absolute atomic E-state index is 0.138. The average molecular weight is 373 g/mol. The largest absolute Gasteiger partial charge is 0.266 e. The number of sulfonamides is 1. The summed E-state index contributed by atoms with van der Waals surface area (Å²) in [6, 6.07) is 12.3. The van der Waals surface area contributed by atoms with E-state index in [0.717, 1.165) is 22.1 Å². The lowest BCUT2D eigenvalue weighted by Gasteiger charge is -2.20. The maximum absolute atomic E-state index is 12.8. The molecule has 2 aromatic carbocycles. The number of fused-ring (bicyclic) bond motifs is 1. The fourth-order valence-electron chi connectivity index (χ4n) is 2.36. The third-order valence-corrected chi connectivity index (χ3v) is 6.10. The summed E-state index contributed by atoms with van der Waals surface area (Å²) in [5.41, 5.74) is 1.79. The minimum atomic E-state index is -3.62. The van der Waals surface area contributed by atoms with E-state index in [1.165, 1.54) is 10.4 Å². The number of halogens is 2. The van der Waals surface area contributed by atoms with Gasteiger partial charge in [-0.15, -0.1) is 0 Å². The van der Waals surface area contributed by atoms with Crippen LogP contribution in [-0.2, 0) is 16.4 Å². The van der Waals surface area contributed by atoms with Gasteiger partial charge in [-0.2, -0.15) is 0 Å². The molecule has 3 nitrogen and oxygen atoms in total. The first-order valence-electron chi connectivity index (χ1n) is 6.06. The Morgan fingerprint density at radius 3 is 2.65 bits per heavy atom. The van der Waals surface area contributed by atoms with Crippen molar-refractivity contribution in [3.05, 3.63) is 57.5 Å². The van der Waals surface area contributed by atoms with Crippen molar-refractivity contribution >= 4 is 43.2 Å². The van der Waals surface area contributed by atoms with Gasteiger partial charge in [0.05, 0.1) is 10.7 Å². The van der Waals surface area contributed by atoms with E-state index >= 15 is 0 Å². The molecule has 1 heterocycles. The van der Waals surface area contributed by atoms with E-state index in [1.807, 2.05) is 24.3 Å². The summed E-state index contributed by atoms with van der Waals surface area (Å²) < 4.78 is 27.7. The Kier molecular flexibility index (Phi) is 3.52. The summed E-state index contributed by atoms with van der Waals surface area (Å²) in [6.45, 7) is 0.452. The Morgan fingerprint density at radius 2 is 1.90 bits per heavy atom. The molecule has 20 heavy (non-hydrogen) atoms. The second-order valence-corrected chi connectivity index (χ2v) is 7.68. The number of hydrogen-bond donors (Lipinski definition) is 0. The molecule has 1 aliphatic heterocycles. The van der Waals surface area contributed by atoms with Crippen molar-refractivity contribution in [1.82, 2.24) is 0 Å². The van der Waals surface area contributed by atoms with Crippen LogP contribution in [0.15, 0.2) is 51.8 Å². The van der Waals surface area contributed by atoms with E-state index in [1.54, 1.807) is 12.1 Å². The zero-order chi connectivity index (χ0) is 14.3. The van der Waals surface area contributed by atoms with Crippen molar-refractivity contribution in [2.45, 2.75) is 11.3 Å². The molecule has 0 radical (unpaired) electrons. The van der Waals surface area contributed by atoms with E-state index in [0.29, 0.717) is 6.54 Å². The summed E-state index contributed by atoms with van der Waals surface area (Å²) in [5, 5.41) is 0.226. The molecule has 0 spiro atoms. The molecule has 0 amide bonds. The summed E-state index contributed by atoms with van der Waals surface area (Å²) in [4.78, 5) is 0.138. The lowest BCUT2D eigenvalue weighted by atomic mass is 10.2. The van der Waals surface area contributed by atoms with Gasteiger partial charge < -0.3 is 0 Å². The predicted octanol–water partition coefficient (Wildman–Crippen LogP) is 3.85. The van der Waals surface area contributed by atoms with Crippen LogP contribution < -0.4 is 4.31 Å². The molecule has 0 fully saturated rings. The average Bonchev–Trinajstić information content (AvgIpc) is 2.82. The summed E-state index contributed by atoms with van der Waals surface area (Å²) in [6.07, 6.45) is 0.726. The molecule has 6 heteroatoms. The van der Waals surface area contributed by atoms with E-state index in [4.69, 9.17) is 11.6 Å². The number of rotatable bonds is 2. The van der Waals surface area contributed by atoms with Crippen LogP contribution in [0.4, 0.5) is 5.69 Å². The predicted molar refractivity (Wildman–Crippen MR) is 83.8 cm³/mol. The Morgan fingerprint density at radius 1 is 1.15 bits per heavy atom. The molecular formula is C14H11BrClNO2S. The maximum atomic E-state index is 12.8. The number of nitrogens with zero attached hydrogens (tertiary/aromatic N) is 1. The molecule has 2 aromatic rings. The second kappa shape index (κ2) is 5.06. The van der Waals surface area contributed by atoms with Crippen LogP contribution in [0.1, 0.15) is 5.56 Å². The van der Waals surface area contributed by atoms with Crippen molar-refractivity contribution in [3.8, 4) is 0 Å². The lowest BCUT2D eigenvalue weighted by Crippen LogP contribution is -2.29. The molecule has 0 aliphatic carbocycles. The van der Waals surface area contributed by atoms with Gasteiger partial charge in [-0.25, -0.2) is 8.42 Å². The van der Waals surface area contributed by atoms with Crippen LogP contribution in [-0.4, -0.2) is 15.0 Å². The minimum Gasteiger partial charge on any atom is -0.266 e. The monoisotopic (exact) mass is 371 g/mol. The molecule has 0 aromatic heterocycles. The standard InChI is InChI=1S/C14H11BrClNO2S/c15-11-5-6-14(12(16)9-11)20(18,19)17-8-7-10-3-1-2-4-13(10)17/h1-6,9H,7-8H2. The first kappa shape index (κ1) is 13.9. The van der Waals surface area contributed by atoms with Gasteiger partial charge in [0, 0.05) is 11.0 Å². The van der Waals surface area contributed by atoms with Crippen molar-refractivity contribution in [3.63, 3.8) is 0 Å². The van der Waals surface area contributed by atoms with Crippen LogP contribution >= 0.6 is 27.5 Å². The zero-order valence-corrected chi connectivity index (χ0v) is 13.5. The Balaban J connectivity index is 2.10. The Hall–Kier alpha value is -1.04. The van der Waals surface area contributed by atoms with Gasteiger partial charge in [-0.1, -0.05) is 45.7 Å². The van der Waals surface area contributed by atoms with Gasteiger partial charge in [0.1, 0.15) is 4.90 Å². The van der Waals surface area contributed by atoms with Gasteiger partial charge in [0.15, 0.2) is 0 Å². The highest BCUT2D eigenvalue weighted by Gasteiger charge is 2.31. The Bertz CT molecular complexity index is 776. The molecule has 3 rings (SSSR count). The molecule has 0 bridgehead atoms. The molecule has 0 unspecified atom stereocenters. The van der Waals surface area contributed by atoms with Gasteiger partial charge in [-0.3, -0.25) is 4.31 Å². The van der Waals surface area contributed by atoms with E-state index in [9.17, 15) is 8.42 Å². The molecule has 1 aliphatic rings. The summed E-state index contributed by atoms with van der Waals surface area (Å²) >= 11 is 9.36. The first-order chi connectivity index (χ1) is 9.50. The first-order valence-corrected chi connectivity index (χ1v) is 8.67. The topological polar surface area (TPSA) is 37.4 Å². The van der Waals surface area contributed by atoms with Crippen LogP contribution in [0.5, 0.6) is 0 Å². The lowest BCUT2D eigenvalue weighted by molar-refractivity contribution is 0.592. The summed E-state index contributed by atoms with van der Waals surface area (Å²) in [5.74, 6) is 0. The maximum Gasteiger partial charge on any atom is 0.265 e. The summed E-state index contributed by atoms with van der Waals surface area (Å²) in [7, 11) is -3.62. The normalized spacial score (nSPS) is 14.4. The van der Waals surface area contributed by atoms with Crippen LogP contribution in [0.2, 0.25) is 5.02 Å². The number of benzene rings is 2. The Labute approximate surface area is 131 Å². The fourth-order valence-corrected chi connectivity index (χ4v) is 4.88. The fraction of sp³-hybridized carbons (Fsp3) is 0.143. The van der Waals surface area contributed by atoms with E-state index in [-0.39, 0.29) is 9.92 Å². The zero-order valence-electron chi connectivity index (χ0n) is 10.4. The second-order valence-electron chi connectivity index (χ2n) is 4.53. The molecule has 0 saturated carbocycles. The highest BCUT2D eigenvalue weighted by Crippen LogP contribution is 2.35. The number of anilines is 1. The molecule has 0 saturated heterocycles. The third kappa shape index (κ3) is 2.24. The number of para-hydroxylation sites is 1. The molecule has 104 valence electrons. The van der Waals surface area contributed by atoms with Crippen LogP contribution in [0.25, 0.3) is 0 Å².